The molecule has 1 rings (SSSR count). The fourth-order valence-corrected chi connectivity index (χ4v) is 2.57. The summed E-state index contributed by atoms with van der Waals surface area (Å²) in [7, 11) is 0. The maximum Gasteiger partial charge on any atom is 0.0594 e. The number of benzene rings is 1. The van der Waals surface area contributed by atoms with Crippen molar-refractivity contribution in [2.75, 3.05) is 0 Å². The molecule has 0 aliphatic rings. The summed E-state index contributed by atoms with van der Waals surface area (Å²) < 4.78 is 0. The largest absolute Gasteiger partial charge is 0.390 e. The van der Waals surface area contributed by atoms with E-state index in [1.54, 1.807) is 0 Å². The number of aryl methyl sites for hydroxylation is 1. The third-order valence-electron chi connectivity index (χ3n) is 3.25. The van der Waals surface area contributed by atoms with E-state index in [2.05, 4.69) is 45.0 Å². The van der Waals surface area contributed by atoms with E-state index in [9.17, 15) is 5.11 Å². The molecular weight excluding hydrogens is 208 g/mol. The molecule has 0 aliphatic carbocycles. The SMILES string of the molecule is Cc1ccc([C@@H](C)CC(C)CC(C)(C)O)cc1. The van der Waals surface area contributed by atoms with Gasteiger partial charge in [-0.15, -0.1) is 0 Å². The first-order valence-corrected chi connectivity index (χ1v) is 6.57. The Hall–Kier alpha value is -0.820. The summed E-state index contributed by atoms with van der Waals surface area (Å²) in [5.41, 5.74) is 2.16. The lowest BCUT2D eigenvalue weighted by Gasteiger charge is -2.24. The van der Waals surface area contributed by atoms with Gasteiger partial charge in [0.05, 0.1) is 5.60 Å². The zero-order valence-corrected chi connectivity index (χ0v) is 11.8. The molecule has 1 unspecified atom stereocenters. The maximum atomic E-state index is 9.81. The van der Waals surface area contributed by atoms with E-state index in [1.807, 2.05) is 13.8 Å². The average molecular weight is 234 g/mol. The monoisotopic (exact) mass is 234 g/mol. The van der Waals surface area contributed by atoms with Crippen molar-refractivity contribution in [3.63, 3.8) is 0 Å². The summed E-state index contributed by atoms with van der Waals surface area (Å²) >= 11 is 0. The van der Waals surface area contributed by atoms with Gasteiger partial charge < -0.3 is 5.11 Å². The molecule has 0 aromatic heterocycles. The van der Waals surface area contributed by atoms with Gasteiger partial charge in [0.25, 0.3) is 0 Å². The third kappa shape index (κ3) is 5.36. The second kappa shape index (κ2) is 5.68. The molecule has 0 saturated heterocycles. The van der Waals surface area contributed by atoms with Crippen molar-refractivity contribution in [1.29, 1.82) is 0 Å². The predicted molar refractivity (Wildman–Crippen MR) is 74.3 cm³/mol. The van der Waals surface area contributed by atoms with Crippen LogP contribution in [-0.2, 0) is 0 Å². The van der Waals surface area contributed by atoms with Gasteiger partial charge >= 0.3 is 0 Å². The first-order valence-electron chi connectivity index (χ1n) is 6.57. The van der Waals surface area contributed by atoms with Crippen molar-refractivity contribution in [3.05, 3.63) is 35.4 Å². The second-order valence-electron chi connectivity index (χ2n) is 6.17. The van der Waals surface area contributed by atoms with Crippen LogP contribution >= 0.6 is 0 Å². The predicted octanol–water partition coefficient (Wildman–Crippen LogP) is 4.29. The van der Waals surface area contributed by atoms with Crippen LogP contribution in [0.4, 0.5) is 0 Å². The third-order valence-corrected chi connectivity index (χ3v) is 3.25. The van der Waals surface area contributed by atoms with Crippen LogP contribution in [0, 0.1) is 12.8 Å². The quantitative estimate of drug-likeness (QED) is 0.806. The minimum absolute atomic E-state index is 0.548. The molecular formula is C16H26O. The van der Waals surface area contributed by atoms with E-state index in [0.29, 0.717) is 11.8 Å². The number of hydrogen-bond donors (Lipinski definition) is 1. The van der Waals surface area contributed by atoms with Gasteiger partial charge in [0.2, 0.25) is 0 Å². The Morgan fingerprint density at radius 2 is 1.65 bits per heavy atom. The molecule has 1 nitrogen and oxygen atoms in total. The molecule has 0 amide bonds. The minimum Gasteiger partial charge on any atom is -0.390 e. The van der Waals surface area contributed by atoms with Gasteiger partial charge in [0.15, 0.2) is 0 Å². The Morgan fingerprint density at radius 1 is 1.12 bits per heavy atom. The highest BCUT2D eigenvalue weighted by molar-refractivity contribution is 5.24. The molecule has 1 aromatic carbocycles. The normalized spacial score (nSPS) is 15.6. The minimum atomic E-state index is -0.549. The molecule has 0 bridgehead atoms. The van der Waals surface area contributed by atoms with Crippen molar-refractivity contribution in [2.45, 2.75) is 59.0 Å². The highest BCUT2D eigenvalue weighted by Gasteiger charge is 2.19. The van der Waals surface area contributed by atoms with E-state index < -0.39 is 5.60 Å². The topological polar surface area (TPSA) is 20.2 Å². The van der Waals surface area contributed by atoms with E-state index >= 15 is 0 Å². The summed E-state index contributed by atoms with van der Waals surface area (Å²) in [5, 5.41) is 9.81. The van der Waals surface area contributed by atoms with Crippen molar-refractivity contribution in [1.82, 2.24) is 0 Å². The van der Waals surface area contributed by atoms with Gasteiger partial charge in [-0.05, 0) is 51.0 Å². The van der Waals surface area contributed by atoms with Crippen molar-refractivity contribution >= 4 is 0 Å². The molecule has 2 atom stereocenters. The zero-order chi connectivity index (χ0) is 13.1. The Morgan fingerprint density at radius 3 is 2.12 bits per heavy atom. The zero-order valence-electron chi connectivity index (χ0n) is 11.8. The molecule has 96 valence electrons. The van der Waals surface area contributed by atoms with Crippen LogP contribution in [0.2, 0.25) is 0 Å². The number of hydrogen-bond acceptors (Lipinski definition) is 1. The molecule has 0 heterocycles. The van der Waals surface area contributed by atoms with Crippen molar-refractivity contribution in [3.8, 4) is 0 Å². The molecule has 0 spiro atoms. The van der Waals surface area contributed by atoms with E-state index in [-0.39, 0.29) is 0 Å². The lowest BCUT2D eigenvalue weighted by Crippen LogP contribution is -2.22. The van der Waals surface area contributed by atoms with Gasteiger partial charge in [0, 0.05) is 0 Å². The van der Waals surface area contributed by atoms with Crippen LogP contribution in [0.15, 0.2) is 24.3 Å². The van der Waals surface area contributed by atoms with Crippen LogP contribution in [0.25, 0.3) is 0 Å². The lowest BCUT2D eigenvalue weighted by atomic mass is 9.85. The Bertz CT molecular complexity index is 332. The van der Waals surface area contributed by atoms with Crippen LogP contribution in [0.3, 0.4) is 0 Å². The fraction of sp³-hybridized carbons (Fsp3) is 0.625. The van der Waals surface area contributed by atoms with Crippen LogP contribution in [0.1, 0.15) is 57.6 Å². The standard InChI is InChI=1S/C16H26O/c1-12-6-8-15(9-7-12)14(3)10-13(2)11-16(4,5)17/h6-9,13-14,17H,10-11H2,1-5H3/t13?,14-/m0/s1. The first-order chi connectivity index (χ1) is 7.78. The second-order valence-corrected chi connectivity index (χ2v) is 6.17. The van der Waals surface area contributed by atoms with Crippen LogP contribution in [-0.4, -0.2) is 10.7 Å². The highest BCUT2D eigenvalue weighted by atomic mass is 16.3. The summed E-state index contributed by atoms with van der Waals surface area (Å²) in [4.78, 5) is 0. The van der Waals surface area contributed by atoms with E-state index in [1.165, 1.54) is 11.1 Å². The molecule has 17 heavy (non-hydrogen) atoms. The van der Waals surface area contributed by atoms with Gasteiger partial charge in [-0.2, -0.15) is 0 Å². The Labute approximate surface area is 106 Å². The van der Waals surface area contributed by atoms with Crippen molar-refractivity contribution in [2.24, 2.45) is 5.92 Å². The van der Waals surface area contributed by atoms with Crippen LogP contribution in [0.5, 0.6) is 0 Å². The summed E-state index contributed by atoms with van der Waals surface area (Å²) in [6.45, 7) is 10.4. The first kappa shape index (κ1) is 14.2. The average Bonchev–Trinajstić information content (AvgIpc) is 2.15. The van der Waals surface area contributed by atoms with E-state index in [4.69, 9.17) is 0 Å². The van der Waals surface area contributed by atoms with Gasteiger partial charge in [0.1, 0.15) is 0 Å². The summed E-state index contributed by atoms with van der Waals surface area (Å²) in [6.07, 6.45) is 2.00. The van der Waals surface area contributed by atoms with Gasteiger partial charge in [-0.3, -0.25) is 0 Å². The number of aliphatic hydroxyl groups is 1. The molecule has 0 aliphatic heterocycles. The lowest BCUT2D eigenvalue weighted by molar-refractivity contribution is 0.0531. The maximum absolute atomic E-state index is 9.81. The summed E-state index contributed by atoms with van der Waals surface area (Å²) in [5.74, 6) is 1.11. The summed E-state index contributed by atoms with van der Waals surface area (Å²) in [6, 6.07) is 8.78. The molecule has 0 saturated carbocycles. The molecule has 0 fully saturated rings. The van der Waals surface area contributed by atoms with Crippen molar-refractivity contribution < 1.29 is 5.11 Å². The smallest absolute Gasteiger partial charge is 0.0594 e. The molecule has 1 N–H and O–H groups in total. The van der Waals surface area contributed by atoms with Gasteiger partial charge in [-0.25, -0.2) is 0 Å². The molecule has 0 radical (unpaired) electrons. The molecule has 1 aromatic rings. The number of rotatable bonds is 5. The van der Waals surface area contributed by atoms with E-state index in [0.717, 1.165) is 12.8 Å². The van der Waals surface area contributed by atoms with Gasteiger partial charge in [-0.1, -0.05) is 43.7 Å². The molecule has 1 heteroatoms. The van der Waals surface area contributed by atoms with Crippen LogP contribution < -0.4 is 0 Å². The highest BCUT2D eigenvalue weighted by Crippen LogP contribution is 2.28. The fourth-order valence-electron chi connectivity index (χ4n) is 2.57. The Balaban J connectivity index is 2.54. The Kier molecular flexibility index (Phi) is 4.76.